The van der Waals surface area contributed by atoms with Gasteiger partial charge in [-0.1, -0.05) is 0 Å². The van der Waals surface area contributed by atoms with Crippen LogP contribution in [-0.2, 0) is 6.18 Å². The molecule has 0 aliphatic heterocycles. The standard InChI is InChI=1S/C13H13F3N4O/c1-19(2)12(21)10-5-6-20(18-10)11-4-3-8(17)7-9(11)13(14,15)16/h3-7H,17H2,1-2H3. The monoisotopic (exact) mass is 298 g/mol. The summed E-state index contributed by atoms with van der Waals surface area (Å²) in [5, 5.41) is 3.89. The first-order valence-corrected chi connectivity index (χ1v) is 5.94. The van der Waals surface area contributed by atoms with Crippen LogP contribution in [-0.4, -0.2) is 34.7 Å². The molecule has 0 saturated heterocycles. The van der Waals surface area contributed by atoms with Crippen LogP contribution in [0.3, 0.4) is 0 Å². The molecule has 21 heavy (non-hydrogen) atoms. The number of amides is 1. The molecule has 0 spiro atoms. The zero-order valence-corrected chi connectivity index (χ0v) is 11.3. The lowest BCUT2D eigenvalue weighted by Gasteiger charge is -2.13. The summed E-state index contributed by atoms with van der Waals surface area (Å²) in [6.07, 6.45) is -3.26. The van der Waals surface area contributed by atoms with E-state index in [1.165, 1.54) is 43.4 Å². The Bertz CT molecular complexity index is 676. The highest BCUT2D eigenvalue weighted by atomic mass is 19.4. The molecule has 0 saturated carbocycles. The molecule has 0 bridgehead atoms. The van der Waals surface area contributed by atoms with Gasteiger partial charge in [0.2, 0.25) is 0 Å². The maximum atomic E-state index is 13.0. The lowest BCUT2D eigenvalue weighted by atomic mass is 10.1. The van der Waals surface area contributed by atoms with Gasteiger partial charge in [0.1, 0.15) is 0 Å². The SMILES string of the molecule is CN(C)C(=O)c1ccn(-c2ccc(N)cc2C(F)(F)F)n1. The number of rotatable bonds is 2. The van der Waals surface area contributed by atoms with Gasteiger partial charge in [0.25, 0.3) is 5.91 Å². The predicted octanol–water partition coefficient (Wildman–Crippen LogP) is 2.18. The smallest absolute Gasteiger partial charge is 0.399 e. The zero-order valence-electron chi connectivity index (χ0n) is 11.3. The average molecular weight is 298 g/mol. The Hall–Kier alpha value is -2.51. The van der Waals surface area contributed by atoms with E-state index in [1.54, 1.807) is 0 Å². The second kappa shape index (κ2) is 5.12. The quantitative estimate of drug-likeness (QED) is 0.864. The molecule has 1 aromatic carbocycles. The van der Waals surface area contributed by atoms with Gasteiger partial charge in [-0.3, -0.25) is 4.79 Å². The molecule has 0 atom stereocenters. The number of nitrogens with two attached hydrogens (primary N) is 1. The minimum atomic E-state index is -4.57. The molecular weight excluding hydrogens is 285 g/mol. The van der Waals surface area contributed by atoms with Crippen molar-refractivity contribution in [3.05, 3.63) is 41.7 Å². The maximum absolute atomic E-state index is 13.0. The number of nitrogens with zero attached hydrogens (tertiary/aromatic N) is 3. The summed E-state index contributed by atoms with van der Waals surface area (Å²) < 4.78 is 40.1. The first-order valence-electron chi connectivity index (χ1n) is 5.94. The fraction of sp³-hybridized carbons (Fsp3) is 0.231. The van der Waals surface area contributed by atoms with Crippen LogP contribution in [0, 0.1) is 0 Å². The zero-order chi connectivity index (χ0) is 15.8. The van der Waals surface area contributed by atoms with Crippen LogP contribution in [0.4, 0.5) is 18.9 Å². The number of anilines is 1. The average Bonchev–Trinajstić information content (AvgIpc) is 2.86. The number of hydrogen-bond donors (Lipinski definition) is 1. The van der Waals surface area contributed by atoms with Gasteiger partial charge in [-0.2, -0.15) is 18.3 Å². The van der Waals surface area contributed by atoms with E-state index >= 15 is 0 Å². The van der Waals surface area contributed by atoms with Gasteiger partial charge >= 0.3 is 6.18 Å². The van der Waals surface area contributed by atoms with Crippen LogP contribution in [0.15, 0.2) is 30.5 Å². The molecule has 0 fully saturated rings. The number of carbonyl (C=O) groups is 1. The van der Waals surface area contributed by atoms with Crippen LogP contribution < -0.4 is 5.73 Å². The summed E-state index contributed by atoms with van der Waals surface area (Å²) in [4.78, 5) is 13.0. The van der Waals surface area contributed by atoms with E-state index in [9.17, 15) is 18.0 Å². The summed E-state index contributed by atoms with van der Waals surface area (Å²) in [5.74, 6) is -0.391. The van der Waals surface area contributed by atoms with Crippen molar-refractivity contribution >= 4 is 11.6 Å². The van der Waals surface area contributed by atoms with Crippen molar-refractivity contribution in [3.8, 4) is 5.69 Å². The number of hydrogen-bond acceptors (Lipinski definition) is 3. The largest absolute Gasteiger partial charge is 0.418 e. The minimum absolute atomic E-state index is 0.00261. The molecule has 2 N–H and O–H groups in total. The van der Waals surface area contributed by atoms with Gasteiger partial charge in [-0.05, 0) is 24.3 Å². The summed E-state index contributed by atoms with van der Waals surface area (Å²) >= 11 is 0. The van der Waals surface area contributed by atoms with Gasteiger partial charge in [0.05, 0.1) is 11.3 Å². The minimum Gasteiger partial charge on any atom is -0.399 e. The number of alkyl halides is 3. The summed E-state index contributed by atoms with van der Waals surface area (Å²) in [6, 6.07) is 4.76. The second-order valence-corrected chi connectivity index (χ2v) is 4.62. The predicted molar refractivity (Wildman–Crippen MR) is 71.0 cm³/mol. The van der Waals surface area contributed by atoms with Crippen molar-refractivity contribution in [2.45, 2.75) is 6.18 Å². The van der Waals surface area contributed by atoms with E-state index in [0.717, 1.165) is 10.7 Å². The molecule has 2 aromatic rings. The molecule has 0 aliphatic carbocycles. The topological polar surface area (TPSA) is 64.2 Å². The molecule has 0 unspecified atom stereocenters. The van der Waals surface area contributed by atoms with Gasteiger partial charge in [0.15, 0.2) is 5.69 Å². The van der Waals surface area contributed by atoms with E-state index in [2.05, 4.69) is 5.10 Å². The normalized spacial score (nSPS) is 11.5. The molecule has 1 heterocycles. The molecular formula is C13H13F3N4O. The molecule has 1 amide bonds. The second-order valence-electron chi connectivity index (χ2n) is 4.62. The van der Waals surface area contributed by atoms with Gasteiger partial charge in [-0.25, -0.2) is 4.68 Å². The molecule has 8 heteroatoms. The van der Waals surface area contributed by atoms with E-state index in [4.69, 9.17) is 5.73 Å². The Morgan fingerprint density at radius 1 is 1.29 bits per heavy atom. The lowest BCUT2D eigenvalue weighted by Crippen LogP contribution is -2.22. The van der Waals surface area contributed by atoms with Crippen molar-refractivity contribution in [1.29, 1.82) is 0 Å². The molecule has 1 aromatic heterocycles. The number of carbonyl (C=O) groups excluding carboxylic acids is 1. The molecule has 0 aliphatic rings. The Morgan fingerprint density at radius 2 is 1.95 bits per heavy atom. The fourth-order valence-electron chi connectivity index (χ4n) is 1.78. The Kier molecular flexibility index (Phi) is 3.63. The molecule has 5 nitrogen and oxygen atoms in total. The highest BCUT2D eigenvalue weighted by Crippen LogP contribution is 2.34. The first kappa shape index (κ1) is 14.9. The Labute approximate surface area is 118 Å². The third kappa shape index (κ3) is 2.99. The van der Waals surface area contributed by atoms with E-state index < -0.39 is 17.6 Å². The number of benzene rings is 1. The van der Waals surface area contributed by atoms with Crippen molar-refractivity contribution < 1.29 is 18.0 Å². The van der Waals surface area contributed by atoms with Crippen molar-refractivity contribution in [2.24, 2.45) is 0 Å². The van der Waals surface area contributed by atoms with Crippen molar-refractivity contribution in [2.75, 3.05) is 19.8 Å². The van der Waals surface area contributed by atoms with Crippen LogP contribution >= 0.6 is 0 Å². The van der Waals surface area contributed by atoms with E-state index in [1.807, 2.05) is 0 Å². The first-order chi connectivity index (χ1) is 9.70. The summed E-state index contributed by atoms with van der Waals surface area (Å²) in [5.41, 5.74) is 4.37. The Balaban J connectivity index is 2.51. The fourth-order valence-corrected chi connectivity index (χ4v) is 1.78. The highest BCUT2D eigenvalue weighted by molar-refractivity contribution is 5.91. The number of nitrogen functional groups attached to an aromatic ring is 1. The van der Waals surface area contributed by atoms with Crippen LogP contribution in [0.1, 0.15) is 16.1 Å². The molecule has 0 radical (unpaired) electrons. The third-order valence-corrected chi connectivity index (χ3v) is 2.79. The van der Waals surface area contributed by atoms with Crippen molar-refractivity contribution in [3.63, 3.8) is 0 Å². The summed E-state index contributed by atoms with van der Waals surface area (Å²) in [6.45, 7) is 0. The van der Waals surface area contributed by atoms with Gasteiger partial charge in [0, 0.05) is 26.0 Å². The molecule has 2 rings (SSSR count). The number of halogens is 3. The maximum Gasteiger partial charge on any atom is 0.418 e. The van der Waals surface area contributed by atoms with E-state index in [-0.39, 0.29) is 17.1 Å². The third-order valence-electron chi connectivity index (χ3n) is 2.79. The van der Waals surface area contributed by atoms with Crippen LogP contribution in [0.2, 0.25) is 0 Å². The van der Waals surface area contributed by atoms with Crippen LogP contribution in [0.5, 0.6) is 0 Å². The number of aromatic nitrogens is 2. The van der Waals surface area contributed by atoms with Gasteiger partial charge in [-0.15, -0.1) is 0 Å². The van der Waals surface area contributed by atoms with Gasteiger partial charge < -0.3 is 10.6 Å². The highest BCUT2D eigenvalue weighted by Gasteiger charge is 2.34. The van der Waals surface area contributed by atoms with Crippen molar-refractivity contribution in [1.82, 2.24) is 14.7 Å². The van der Waals surface area contributed by atoms with Crippen LogP contribution in [0.25, 0.3) is 5.69 Å². The Morgan fingerprint density at radius 3 is 2.52 bits per heavy atom. The lowest BCUT2D eigenvalue weighted by molar-refractivity contribution is -0.137. The molecule has 112 valence electrons. The van der Waals surface area contributed by atoms with E-state index in [0.29, 0.717) is 0 Å². The summed E-state index contributed by atoms with van der Waals surface area (Å²) in [7, 11) is 3.07.